The molecule has 0 unspecified atom stereocenters. The molecule has 14 heavy (non-hydrogen) atoms. The number of hydrogen-bond acceptors (Lipinski definition) is 3. The number of ether oxygens (including phenoxy) is 1. The largest absolute Gasteiger partial charge is 0.363 e. The van der Waals surface area contributed by atoms with Gasteiger partial charge in [-0.1, -0.05) is 12.2 Å². The number of rotatable bonds is 0. The summed E-state index contributed by atoms with van der Waals surface area (Å²) in [5.41, 5.74) is 1.08. The standard InChI is InChI=1S/C9H8BrNOS2/c10-6-3-5-4-12-9(1-2-9)8(13)11-7(5)14-6/h3H,1-2,4H2,(H,11,13). The number of thiophene rings is 1. The van der Waals surface area contributed by atoms with Gasteiger partial charge in [-0.15, -0.1) is 11.3 Å². The van der Waals surface area contributed by atoms with Crippen molar-refractivity contribution < 1.29 is 4.74 Å². The van der Waals surface area contributed by atoms with Crippen LogP contribution < -0.4 is 5.32 Å². The summed E-state index contributed by atoms with van der Waals surface area (Å²) in [4.78, 5) is 0.852. The van der Waals surface area contributed by atoms with Gasteiger partial charge in [0.1, 0.15) is 10.6 Å². The molecular formula is C9H8BrNOS2. The molecule has 0 amide bonds. The van der Waals surface area contributed by atoms with E-state index in [4.69, 9.17) is 17.0 Å². The summed E-state index contributed by atoms with van der Waals surface area (Å²) >= 11 is 10.5. The Morgan fingerprint density at radius 3 is 3.07 bits per heavy atom. The van der Waals surface area contributed by atoms with Crippen molar-refractivity contribution in [1.29, 1.82) is 0 Å². The summed E-state index contributed by atoms with van der Waals surface area (Å²) in [6.45, 7) is 0.671. The lowest BCUT2D eigenvalue weighted by atomic mass is 10.3. The Balaban J connectivity index is 1.98. The average molecular weight is 290 g/mol. The van der Waals surface area contributed by atoms with Crippen molar-refractivity contribution in [2.45, 2.75) is 25.0 Å². The predicted octanol–water partition coefficient (Wildman–Crippen LogP) is 3.31. The number of thiocarbonyl (C=S) groups is 1. The summed E-state index contributed by atoms with van der Waals surface area (Å²) in [6.07, 6.45) is 2.13. The van der Waals surface area contributed by atoms with Crippen LogP contribution in [0.15, 0.2) is 9.85 Å². The highest BCUT2D eigenvalue weighted by atomic mass is 79.9. The SMILES string of the molecule is S=C1Nc2sc(Br)cc2COC12CC2. The first-order chi connectivity index (χ1) is 6.70. The highest BCUT2D eigenvalue weighted by Crippen LogP contribution is 2.46. The smallest absolute Gasteiger partial charge is 0.119 e. The summed E-state index contributed by atoms with van der Waals surface area (Å²) in [5.74, 6) is 0. The topological polar surface area (TPSA) is 21.3 Å². The normalized spacial score (nSPS) is 22.8. The fourth-order valence-corrected chi connectivity index (χ4v) is 3.58. The first kappa shape index (κ1) is 9.27. The summed E-state index contributed by atoms with van der Waals surface area (Å²) in [6, 6.07) is 2.09. The number of nitrogens with one attached hydrogen (secondary N) is 1. The Morgan fingerprint density at radius 1 is 1.57 bits per heavy atom. The van der Waals surface area contributed by atoms with Crippen LogP contribution in [0.5, 0.6) is 0 Å². The minimum absolute atomic E-state index is 0.124. The molecule has 2 nitrogen and oxygen atoms in total. The van der Waals surface area contributed by atoms with Crippen LogP contribution in [0.2, 0.25) is 0 Å². The monoisotopic (exact) mass is 289 g/mol. The Morgan fingerprint density at radius 2 is 2.36 bits per heavy atom. The zero-order chi connectivity index (χ0) is 9.76. The van der Waals surface area contributed by atoms with Crippen molar-refractivity contribution in [3.8, 4) is 0 Å². The Labute approximate surface area is 99.8 Å². The van der Waals surface area contributed by atoms with Crippen LogP contribution in [0.1, 0.15) is 18.4 Å². The van der Waals surface area contributed by atoms with Gasteiger partial charge in [0.15, 0.2) is 0 Å². The van der Waals surface area contributed by atoms with Crippen LogP contribution in [0.25, 0.3) is 0 Å². The molecule has 1 N–H and O–H groups in total. The molecule has 1 spiro atoms. The van der Waals surface area contributed by atoms with E-state index in [0.29, 0.717) is 6.61 Å². The van der Waals surface area contributed by atoms with Crippen LogP contribution in [0, 0.1) is 0 Å². The molecule has 0 bridgehead atoms. The van der Waals surface area contributed by atoms with Gasteiger partial charge in [-0.3, -0.25) is 0 Å². The van der Waals surface area contributed by atoms with Crippen molar-refractivity contribution in [3.63, 3.8) is 0 Å². The van der Waals surface area contributed by atoms with E-state index < -0.39 is 0 Å². The summed E-state index contributed by atoms with van der Waals surface area (Å²) in [7, 11) is 0. The van der Waals surface area contributed by atoms with Gasteiger partial charge in [0.25, 0.3) is 0 Å². The molecule has 74 valence electrons. The molecule has 2 heterocycles. The molecule has 0 radical (unpaired) electrons. The lowest BCUT2D eigenvalue weighted by molar-refractivity contribution is 0.0710. The summed E-state index contributed by atoms with van der Waals surface area (Å²) < 4.78 is 6.95. The van der Waals surface area contributed by atoms with Gasteiger partial charge in [-0.2, -0.15) is 0 Å². The molecule has 1 fully saturated rings. The van der Waals surface area contributed by atoms with Crippen molar-refractivity contribution in [2.24, 2.45) is 0 Å². The Kier molecular flexibility index (Phi) is 1.99. The molecule has 1 aromatic heterocycles. The minimum Gasteiger partial charge on any atom is -0.363 e. The van der Waals surface area contributed by atoms with Gasteiger partial charge < -0.3 is 10.1 Å². The first-order valence-corrected chi connectivity index (χ1v) is 6.45. The second-order valence-corrected chi connectivity index (χ2v) is 6.48. The fraction of sp³-hybridized carbons (Fsp3) is 0.444. The molecule has 1 saturated carbocycles. The first-order valence-electron chi connectivity index (χ1n) is 4.43. The second-order valence-electron chi connectivity index (χ2n) is 3.64. The van der Waals surface area contributed by atoms with E-state index in [2.05, 4.69) is 27.3 Å². The van der Waals surface area contributed by atoms with Crippen LogP contribution in [0.3, 0.4) is 0 Å². The highest BCUT2D eigenvalue weighted by Gasteiger charge is 2.49. The van der Waals surface area contributed by atoms with E-state index in [1.807, 2.05) is 0 Å². The molecule has 1 aliphatic carbocycles. The third-order valence-electron chi connectivity index (χ3n) is 2.63. The Bertz CT molecular complexity index is 411. The van der Waals surface area contributed by atoms with Crippen molar-refractivity contribution in [1.82, 2.24) is 0 Å². The molecule has 0 atom stereocenters. The quantitative estimate of drug-likeness (QED) is 0.741. The van der Waals surface area contributed by atoms with Crippen LogP contribution >= 0.6 is 39.5 Å². The number of fused-ring (bicyclic) bond motifs is 1. The van der Waals surface area contributed by atoms with Gasteiger partial charge >= 0.3 is 0 Å². The third-order valence-corrected chi connectivity index (χ3v) is 4.70. The van der Waals surface area contributed by atoms with E-state index in [1.165, 1.54) is 5.56 Å². The van der Waals surface area contributed by atoms with Crippen LogP contribution in [-0.4, -0.2) is 10.6 Å². The van der Waals surface area contributed by atoms with Crippen LogP contribution in [-0.2, 0) is 11.3 Å². The van der Waals surface area contributed by atoms with Gasteiger partial charge in [-0.25, -0.2) is 0 Å². The molecule has 3 rings (SSSR count). The molecule has 0 aromatic carbocycles. The lowest BCUT2D eigenvalue weighted by Crippen LogP contribution is -2.28. The third kappa shape index (κ3) is 1.34. The van der Waals surface area contributed by atoms with Crippen molar-refractivity contribution in [2.75, 3.05) is 5.32 Å². The van der Waals surface area contributed by atoms with Crippen molar-refractivity contribution in [3.05, 3.63) is 15.4 Å². The molecule has 0 saturated heterocycles. The summed E-state index contributed by atoms with van der Waals surface area (Å²) in [5, 5.41) is 4.42. The zero-order valence-corrected chi connectivity index (χ0v) is 10.5. The molecule has 2 aliphatic rings. The van der Waals surface area contributed by atoms with Crippen molar-refractivity contribution >= 4 is 49.5 Å². The van der Waals surface area contributed by atoms with E-state index in [-0.39, 0.29) is 5.60 Å². The van der Waals surface area contributed by atoms with Gasteiger partial charge in [0, 0.05) is 5.56 Å². The fourth-order valence-electron chi connectivity index (χ4n) is 1.59. The zero-order valence-electron chi connectivity index (χ0n) is 7.30. The maximum absolute atomic E-state index is 5.84. The average Bonchev–Trinajstić information content (AvgIpc) is 2.86. The van der Waals surface area contributed by atoms with Crippen LogP contribution in [0.4, 0.5) is 5.00 Å². The molecule has 1 aromatic rings. The predicted molar refractivity (Wildman–Crippen MR) is 65.0 cm³/mol. The lowest BCUT2D eigenvalue weighted by Gasteiger charge is -2.13. The maximum Gasteiger partial charge on any atom is 0.119 e. The van der Waals surface area contributed by atoms with Gasteiger partial charge in [0.05, 0.1) is 15.4 Å². The van der Waals surface area contributed by atoms with E-state index in [0.717, 1.165) is 26.6 Å². The minimum atomic E-state index is -0.124. The van der Waals surface area contributed by atoms with Gasteiger partial charge in [-0.05, 0) is 34.8 Å². The second kappa shape index (κ2) is 3.01. The maximum atomic E-state index is 5.84. The highest BCUT2D eigenvalue weighted by molar-refractivity contribution is 9.11. The van der Waals surface area contributed by atoms with E-state index >= 15 is 0 Å². The van der Waals surface area contributed by atoms with E-state index in [1.54, 1.807) is 11.3 Å². The molecule has 5 heteroatoms. The number of anilines is 1. The number of hydrogen-bond donors (Lipinski definition) is 1. The Hall–Kier alpha value is 0.0300. The molecular weight excluding hydrogens is 282 g/mol. The molecule has 1 aliphatic heterocycles. The van der Waals surface area contributed by atoms with E-state index in [9.17, 15) is 0 Å². The van der Waals surface area contributed by atoms with Gasteiger partial charge in [0.2, 0.25) is 0 Å². The number of halogens is 1.